The molecule has 144 valence electrons. The van der Waals surface area contributed by atoms with Crippen LogP contribution in [0.5, 0.6) is 5.75 Å². The zero-order chi connectivity index (χ0) is 19.9. The molecule has 0 saturated heterocycles. The van der Waals surface area contributed by atoms with E-state index in [1.807, 2.05) is 24.3 Å². The number of anilines is 2. The molecule has 0 atom stereocenters. The molecule has 1 heterocycles. The number of nitrogens with zero attached hydrogens (tertiary/aromatic N) is 2. The maximum absolute atomic E-state index is 13.6. The van der Waals surface area contributed by atoms with Crippen molar-refractivity contribution in [3.8, 4) is 5.75 Å². The Morgan fingerprint density at radius 2 is 1.86 bits per heavy atom. The highest BCUT2D eigenvalue weighted by Gasteiger charge is 2.12. The third-order valence-corrected chi connectivity index (χ3v) is 3.94. The van der Waals surface area contributed by atoms with Crippen molar-refractivity contribution in [3.05, 3.63) is 77.8 Å². The molecule has 0 aliphatic rings. The standard InChI is InChI=1S/C20H18F2N4O2/c1-28-15-5-2-13(3-6-15)8-9-23-19-12-24-18(11-25-19)20(27)26-17-7-4-14(21)10-16(17)22/h2-7,10-12H,8-9H2,1H3,(H,23,25)(H,26,27). The lowest BCUT2D eigenvalue weighted by molar-refractivity contribution is 0.102. The number of aromatic nitrogens is 2. The fraction of sp³-hybridized carbons (Fsp3) is 0.150. The molecule has 3 aromatic rings. The van der Waals surface area contributed by atoms with Crippen LogP contribution in [0.1, 0.15) is 16.1 Å². The highest BCUT2D eigenvalue weighted by Crippen LogP contribution is 2.16. The summed E-state index contributed by atoms with van der Waals surface area (Å²) in [5.41, 5.74) is 1.03. The second-order valence-electron chi connectivity index (χ2n) is 5.89. The Kier molecular flexibility index (Phi) is 6.11. The number of hydrogen-bond acceptors (Lipinski definition) is 5. The molecular formula is C20H18F2N4O2. The third-order valence-electron chi connectivity index (χ3n) is 3.94. The molecule has 2 aromatic carbocycles. The molecule has 0 saturated carbocycles. The van der Waals surface area contributed by atoms with Gasteiger partial charge in [0.15, 0.2) is 0 Å². The maximum Gasteiger partial charge on any atom is 0.275 e. The highest BCUT2D eigenvalue weighted by molar-refractivity contribution is 6.02. The molecular weight excluding hydrogens is 366 g/mol. The van der Waals surface area contributed by atoms with E-state index in [1.54, 1.807) is 7.11 Å². The van der Waals surface area contributed by atoms with E-state index >= 15 is 0 Å². The molecule has 28 heavy (non-hydrogen) atoms. The number of halogens is 2. The van der Waals surface area contributed by atoms with Crippen LogP contribution in [-0.2, 0) is 6.42 Å². The Morgan fingerprint density at radius 1 is 1.07 bits per heavy atom. The van der Waals surface area contributed by atoms with Gasteiger partial charge < -0.3 is 15.4 Å². The first-order valence-corrected chi connectivity index (χ1v) is 8.50. The van der Waals surface area contributed by atoms with Crippen molar-refractivity contribution in [3.63, 3.8) is 0 Å². The van der Waals surface area contributed by atoms with Crippen molar-refractivity contribution in [1.29, 1.82) is 0 Å². The topological polar surface area (TPSA) is 76.1 Å². The molecule has 0 aliphatic carbocycles. The predicted octanol–water partition coefficient (Wildman–Crippen LogP) is 3.67. The number of hydrogen-bond donors (Lipinski definition) is 2. The molecule has 1 aromatic heterocycles. The Bertz CT molecular complexity index is 947. The van der Waals surface area contributed by atoms with Gasteiger partial charge in [-0.1, -0.05) is 12.1 Å². The van der Waals surface area contributed by atoms with Crippen molar-refractivity contribution in [2.24, 2.45) is 0 Å². The highest BCUT2D eigenvalue weighted by atomic mass is 19.1. The van der Waals surface area contributed by atoms with Crippen molar-refractivity contribution in [1.82, 2.24) is 9.97 Å². The van der Waals surface area contributed by atoms with Crippen LogP contribution >= 0.6 is 0 Å². The first-order chi connectivity index (χ1) is 13.5. The second kappa shape index (κ2) is 8.90. The molecule has 0 fully saturated rings. The van der Waals surface area contributed by atoms with E-state index in [-0.39, 0.29) is 11.4 Å². The second-order valence-corrected chi connectivity index (χ2v) is 5.89. The van der Waals surface area contributed by atoms with Crippen LogP contribution in [0.15, 0.2) is 54.9 Å². The van der Waals surface area contributed by atoms with Crippen LogP contribution in [0.2, 0.25) is 0 Å². The Balaban J connectivity index is 1.53. The number of methoxy groups -OCH3 is 1. The molecule has 8 heteroatoms. The number of nitrogens with one attached hydrogen (secondary N) is 2. The van der Waals surface area contributed by atoms with Crippen molar-refractivity contribution < 1.29 is 18.3 Å². The molecule has 0 radical (unpaired) electrons. The van der Waals surface area contributed by atoms with E-state index in [2.05, 4.69) is 20.6 Å². The number of rotatable bonds is 7. The van der Waals surface area contributed by atoms with Crippen LogP contribution in [0, 0.1) is 11.6 Å². The van der Waals surface area contributed by atoms with E-state index in [9.17, 15) is 13.6 Å². The number of ether oxygens (including phenoxy) is 1. The summed E-state index contributed by atoms with van der Waals surface area (Å²) in [5, 5.41) is 5.45. The van der Waals surface area contributed by atoms with E-state index < -0.39 is 17.5 Å². The third kappa shape index (κ3) is 5.00. The first-order valence-electron chi connectivity index (χ1n) is 8.50. The minimum atomic E-state index is -0.863. The van der Waals surface area contributed by atoms with Crippen LogP contribution in [0.3, 0.4) is 0 Å². The van der Waals surface area contributed by atoms with Gasteiger partial charge in [-0.3, -0.25) is 4.79 Å². The van der Waals surface area contributed by atoms with Crippen LogP contribution in [0.25, 0.3) is 0 Å². The van der Waals surface area contributed by atoms with Crippen LogP contribution in [-0.4, -0.2) is 29.5 Å². The minimum Gasteiger partial charge on any atom is -0.497 e. The van der Waals surface area contributed by atoms with Crippen LogP contribution < -0.4 is 15.4 Å². The van der Waals surface area contributed by atoms with Gasteiger partial charge in [-0.2, -0.15) is 0 Å². The number of amides is 1. The van der Waals surface area contributed by atoms with E-state index in [4.69, 9.17) is 4.74 Å². The van der Waals surface area contributed by atoms with Gasteiger partial charge >= 0.3 is 0 Å². The van der Waals surface area contributed by atoms with Crippen LogP contribution in [0.4, 0.5) is 20.3 Å². The summed E-state index contributed by atoms with van der Waals surface area (Å²) < 4.78 is 31.6. The smallest absolute Gasteiger partial charge is 0.275 e. The van der Waals surface area contributed by atoms with E-state index in [1.165, 1.54) is 12.4 Å². The fourth-order valence-electron chi connectivity index (χ4n) is 2.44. The molecule has 3 rings (SSSR count). The summed E-state index contributed by atoms with van der Waals surface area (Å²) in [6.07, 6.45) is 3.48. The lowest BCUT2D eigenvalue weighted by Crippen LogP contribution is -2.15. The molecule has 6 nitrogen and oxygen atoms in total. The lowest BCUT2D eigenvalue weighted by Gasteiger charge is -2.08. The van der Waals surface area contributed by atoms with Gasteiger partial charge in [0.2, 0.25) is 0 Å². The lowest BCUT2D eigenvalue weighted by atomic mass is 10.1. The summed E-state index contributed by atoms with van der Waals surface area (Å²) in [7, 11) is 1.62. The normalized spacial score (nSPS) is 10.4. The van der Waals surface area contributed by atoms with Crippen molar-refractivity contribution in [2.75, 3.05) is 24.3 Å². The Morgan fingerprint density at radius 3 is 2.50 bits per heavy atom. The predicted molar refractivity (Wildman–Crippen MR) is 102 cm³/mol. The molecule has 0 spiro atoms. The zero-order valence-electron chi connectivity index (χ0n) is 15.1. The summed E-state index contributed by atoms with van der Waals surface area (Å²) in [6, 6.07) is 10.6. The summed E-state index contributed by atoms with van der Waals surface area (Å²) in [5.74, 6) is -0.906. The molecule has 0 bridgehead atoms. The number of benzene rings is 2. The fourth-order valence-corrected chi connectivity index (χ4v) is 2.44. The van der Waals surface area contributed by atoms with Crippen molar-refractivity contribution >= 4 is 17.4 Å². The summed E-state index contributed by atoms with van der Waals surface area (Å²) in [4.78, 5) is 20.3. The largest absolute Gasteiger partial charge is 0.497 e. The Labute approximate surface area is 160 Å². The SMILES string of the molecule is COc1ccc(CCNc2cnc(C(=O)Nc3ccc(F)cc3F)cn2)cc1. The Hall–Kier alpha value is -3.55. The molecule has 2 N–H and O–H groups in total. The minimum absolute atomic E-state index is 0.0180. The van der Waals surface area contributed by atoms with Gasteiger partial charge in [-0.15, -0.1) is 0 Å². The van der Waals surface area contributed by atoms with E-state index in [0.29, 0.717) is 18.4 Å². The average molecular weight is 384 g/mol. The number of carbonyl (C=O) groups excluding carboxylic acids is 1. The van der Waals surface area contributed by atoms with E-state index in [0.717, 1.165) is 29.9 Å². The maximum atomic E-state index is 13.6. The molecule has 1 amide bonds. The summed E-state index contributed by atoms with van der Waals surface area (Å²) >= 11 is 0. The summed E-state index contributed by atoms with van der Waals surface area (Å²) in [6.45, 7) is 0.632. The average Bonchev–Trinajstić information content (AvgIpc) is 2.71. The number of carbonyl (C=O) groups is 1. The quantitative estimate of drug-likeness (QED) is 0.650. The zero-order valence-corrected chi connectivity index (χ0v) is 15.1. The molecule has 0 unspecified atom stereocenters. The first kappa shape index (κ1) is 19.2. The van der Waals surface area contributed by atoms with Gasteiger partial charge in [0.05, 0.1) is 25.2 Å². The van der Waals surface area contributed by atoms with Gasteiger partial charge in [-0.25, -0.2) is 18.7 Å². The van der Waals surface area contributed by atoms with Gasteiger partial charge in [-0.05, 0) is 36.2 Å². The van der Waals surface area contributed by atoms with Gasteiger partial charge in [0.1, 0.15) is 28.9 Å². The van der Waals surface area contributed by atoms with Gasteiger partial charge in [0.25, 0.3) is 5.91 Å². The van der Waals surface area contributed by atoms with Crippen molar-refractivity contribution in [2.45, 2.75) is 6.42 Å². The monoisotopic (exact) mass is 384 g/mol. The molecule has 0 aliphatic heterocycles. The van der Waals surface area contributed by atoms with Gasteiger partial charge in [0, 0.05) is 12.6 Å².